The first-order chi connectivity index (χ1) is 8.70. The van der Waals surface area contributed by atoms with E-state index in [-0.39, 0.29) is 5.78 Å². The van der Waals surface area contributed by atoms with Gasteiger partial charge in [0.1, 0.15) is 5.75 Å². The van der Waals surface area contributed by atoms with Gasteiger partial charge in [-0.15, -0.1) is 0 Å². The highest BCUT2D eigenvalue weighted by Crippen LogP contribution is 2.24. The van der Waals surface area contributed by atoms with E-state index in [2.05, 4.69) is 5.32 Å². The Morgan fingerprint density at radius 1 is 1.50 bits per heavy atom. The smallest absolute Gasteiger partial charge is 0.163 e. The van der Waals surface area contributed by atoms with Crippen molar-refractivity contribution < 1.29 is 14.3 Å². The van der Waals surface area contributed by atoms with Gasteiger partial charge in [0, 0.05) is 5.69 Å². The van der Waals surface area contributed by atoms with Gasteiger partial charge in [-0.3, -0.25) is 4.79 Å². The zero-order valence-corrected chi connectivity index (χ0v) is 10.9. The Morgan fingerprint density at radius 2 is 2.28 bits per heavy atom. The van der Waals surface area contributed by atoms with Crippen molar-refractivity contribution in [2.75, 3.05) is 25.1 Å². The zero-order chi connectivity index (χ0) is 13.0. The van der Waals surface area contributed by atoms with Crippen LogP contribution in [0.15, 0.2) is 18.2 Å². The van der Waals surface area contributed by atoms with Crippen molar-refractivity contribution in [3.63, 3.8) is 0 Å². The molecule has 1 heterocycles. The molecule has 4 heteroatoms. The molecule has 0 atom stereocenters. The third-order valence-electron chi connectivity index (χ3n) is 2.83. The molecule has 0 spiro atoms. The molecule has 4 nitrogen and oxygen atoms in total. The quantitative estimate of drug-likeness (QED) is 0.787. The number of benzene rings is 1. The van der Waals surface area contributed by atoms with E-state index in [1.807, 2.05) is 25.1 Å². The summed E-state index contributed by atoms with van der Waals surface area (Å²) in [6.45, 7) is 5.68. The Balaban J connectivity index is 2.13. The highest BCUT2D eigenvalue weighted by atomic mass is 16.5. The molecule has 1 fully saturated rings. The van der Waals surface area contributed by atoms with Crippen molar-refractivity contribution in [3.05, 3.63) is 23.8 Å². The van der Waals surface area contributed by atoms with Gasteiger partial charge in [-0.25, -0.2) is 0 Å². The summed E-state index contributed by atoms with van der Waals surface area (Å²) in [7, 11) is 0. The van der Waals surface area contributed by atoms with Gasteiger partial charge < -0.3 is 14.8 Å². The second kappa shape index (κ2) is 5.87. The van der Waals surface area contributed by atoms with Crippen LogP contribution in [0.25, 0.3) is 0 Å². The first-order valence-electron chi connectivity index (χ1n) is 6.32. The number of carbonyl (C=O) groups is 1. The SMILES string of the molecule is CCCOc1ccc(NC2COC2)cc1C(C)=O. The van der Waals surface area contributed by atoms with E-state index in [0.717, 1.165) is 25.3 Å². The van der Waals surface area contributed by atoms with Crippen LogP contribution in [0.4, 0.5) is 5.69 Å². The van der Waals surface area contributed by atoms with Crippen LogP contribution in [-0.4, -0.2) is 31.6 Å². The predicted octanol–water partition coefficient (Wildman–Crippen LogP) is 2.49. The summed E-state index contributed by atoms with van der Waals surface area (Å²) in [6.07, 6.45) is 0.927. The summed E-state index contributed by atoms with van der Waals surface area (Å²) in [5, 5.41) is 3.32. The first kappa shape index (κ1) is 12.9. The van der Waals surface area contributed by atoms with Crippen LogP contribution < -0.4 is 10.1 Å². The average molecular weight is 249 g/mol. The molecule has 0 amide bonds. The van der Waals surface area contributed by atoms with E-state index in [0.29, 0.717) is 24.0 Å². The molecule has 1 aromatic rings. The summed E-state index contributed by atoms with van der Waals surface area (Å²) >= 11 is 0. The van der Waals surface area contributed by atoms with Crippen LogP contribution in [0.5, 0.6) is 5.75 Å². The zero-order valence-electron chi connectivity index (χ0n) is 10.9. The number of nitrogens with one attached hydrogen (secondary N) is 1. The lowest BCUT2D eigenvalue weighted by Gasteiger charge is -2.28. The minimum absolute atomic E-state index is 0.0228. The van der Waals surface area contributed by atoms with E-state index in [9.17, 15) is 4.79 Å². The summed E-state index contributed by atoms with van der Waals surface area (Å²) in [6, 6.07) is 6.00. The average Bonchev–Trinajstić information content (AvgIpc) is 2.31. The Hall–Kier alpha value is -1.55. The van der Waals surface area contributed by atoms with E-state index >= 15 is 0 Å². The molecule has 1 aromatic carbocycles. The van der Waals surface area contributed by atoms with E-state index in [1.54, 1.807) is 6.92 Å². The fourth-order valence-electron chi connectivity index (χ4n) is 1.79. The number of ketones is 1. The van der Waals surface area contributed by atoms with Gasteiger partial charge >= 0.3 is 0 Å². The van der Waals surface area contributed by atoms with Gasteiger partial charge in [-0.1, -0.05) is 6.92 Å². The lowest BCUT2D eigenvalue weighted by molar-refractivity contribution is 0.0211. The predicted molar refractivity (Wildman–Crippen MR) is 70.5 cm³/mol. The molecule has 0 radical (unpaired) electrons. The molecule has 98 valence electrons. The van der Waals surface area contributed by atoms with Crippen molar-refractivity contribution in [2.24, 2.45) is 0 Å². The number of rotatable bonds is 6. The third-order valence-corrected chi connectivity index (χ3v) is 2.83. The molecule has 0 unspecified atom stereocenters. The van der Waals surface area contributed by atoms with Crippen LogP contribution in [0.2, 0.25) is 0 Å². The molecular formula is C14H19NO3. The Morgan fingerprint density at radius 3 is 2.83 bits per heavy atom. The molecule has 1 saturated heterocycles. The van der Waals surface area contributed by atoms with Crippen LogP contribution in [0, 0.1) is 0 Å². The lowest BCUT2D eigenvalue weighted by atomic mass is 10.1. The molecular weight excluding hydrogens is 230 g/mol. The van der Waals surface area contributed by atoms with Gasteiger partial charge in [-0.05, 0) is 31.5 Å². The lowest BCUT2D eigenvalue weighted by Crippen LogP contribution is -2.40. The largest absolute Gasteiger partial charge is 0.493 e. The minimum atomic E-state index is 0.0228. The fraction of sp³-hybridized carbons (Fsp3) is 0.500. The normalized spacial score (nSPS) is 15.0. The molecule has 1 aliphatic heterocycles. The summed E-state index contributed by atoms with van der Waals surface area (Å²) < 4.78 is 10.7. The molecule has 0 bridgehead atoms. The second-order valence-corrected chi connectivity index (χ2v) is 4.49. The molecule has 1 N–H and O–H groups in total. The summed E-state index contributed by atoms with van der Waals surface area (Å²) in [5.41, 5.74) is 1.58. The highest BCUT2D eigenvalue weighted by Gasteiger charge is 2.18. The number of ether oxygens (including phenoxy) is 2. The molecule has 0 saturated carbocycles. The van der Waals surface area contributed by atoms with Gasteiger partial charge in [-0.2, -0.15) is 0 Å². The number of carbonyl (C=O) groups excluding carboxylic acids is 1. The number of anilines is 1. The van der Waals surface area contributed by atoms with Gasteiger partial charge in [0.2, 0.25) is 0 Å². The van der Waals surface area contributed by atoms with E-state index in [4.69, 9.17) is 9.47 Å². The monoisotopic (exact) mass is 249 g/mol. The van der Waals surface area contributed by atoms with E-state index < -0.39 is 0 Å². The number of hydrogen-bond acceptors (Lipinski definition) is 4. The Kier molecular flexibility index (Phi) is 4.20. The van der Waals surface area contributed by atoms with Crippen molar-refractivity contribution in [3.8, 4) is 5.75 Å². The van der Waals surface area contributed by atoms with Crippen LogP contribution in [-0.2, 0) is 4.74 Å². The van der Waals surface area contributed by atoms with Crippen LogP contribution in [0.3, 0.4) is 0 Å². The fourth-order valence-corrected chi connectivity index (χ4v) is 1.79. The summed E-state index contributed by atoms with van der Waals surface area (Å²) in [4.78, 5) is 11.6. The van der Waals surface area contributed by atoms with Gasteiger partial charge in [0.05, 0.1) is 31.4 Å². The maximum atomic E-state index is 11.6. The number of Topliss-reactive ketones (excluding diaryl/α,β-unsaturated/α-hetero) is 1. The molecule has 1 aliphatic rings. The molecule has 0 aliphatic carbocycles. The third kappa shape index (κ3) is 3.01. The first-order valence-corrected chi connectivity index (χ1v) is 6.32. The van der Waals surface area contributed by atoms with Crippen LogP contribution in [0.1, 0.15) is 30.6 Å². The van der Waals surface area contributed by atoms with Crippen molar-refractivity contribution in [1.29, 1.82) is 0 Å². The van der Waals surface area contributed by atoms with Crippen molar-refractivity contribution in [1.82, 2.24) is 0 Å². The van der Waals surface area contributed by atoms with E-state index in [1.165, 1.54) is 0 Å². The Labute approximate surface area is 107 Å². The van der Waals surface area contributed by atoms with Crippen LogP contribution >= 0.6 is 0 Å². The standard InChI is InChI=1S/C14H19NO3/c1-3-6-18-14-5-4-11(7-13(14)10(2)16)15-12-8-17-9-12/h4-5,7,12,15H,3,6,8-9H2,1-2H3. The maximum absolute atomic E-state index is 11.6. The topological polar surface area (TPSA) is 47.6 Å². The van der Waals surface area contributed by atoms with Crippen molar-refractivity contribution in [2.45, 2.75) is 26.3 Å². The minimum Gasteiger partial charge on any atom is -0.493 e. The highest BCUT2D eigenvalue weighted by molar-refractivity contribution is 5.97. The summed E-state index contributed by atoms with van der Waals surface area (Å²) in [5.74, 6) is 0.689. The molecule has 2 rings (SSSR count). The van der Waals surface area contributed by atoms with Crippen molar-refractivity contribution >= 4 is 11.5 Å². The Bertz CT molecular complexity index is 427. The second-order valence-electron chi connectivity index (χ2n) is 4.49. The number of hydrogen-bond donors (Lipinski definition) is 1. The van der Waals surface area contributed by atoms with Gasteiger partial charge in [0.25, 0.3) is 0 Å². The molecule has 18 heavy (non-hydrogen) atoms. The van der Waals surface area contributed by atoms with Gasteiger partial charge in [0.15, 0.2) is 5.78 Å². The molecule has 0 aromatic heterocycles. The maximum Gasteiger partial charge on any atom is 0.163 e.